The summed E-state index contributed by atoms with van der Waals surface area (Å²) in [5.41, 5.74) is 7.49. The first kappa shape index (κ1) is 11.9. The van der Waals surface area contributed by atoms with Crippen LogP contribution in [0.4, 0.5) is 5.82 Å². The minimum absolute atomic E-state index is 0.0985. The van der Waals surface area contributed by atoms with Gasteiger partial charge in [0.1, 0.15) is 16.8 Å². The van der Waals surface area contributed by atoms with E-state index in [-0.39, 0.29) is 6.10 Å². The minimum atomic E-state index is -0.0985. The van der Waals surface area contributed by atoms with Gasteiger partial charge in [0.05, 0.1) is 5.39 Å². The second kappa shape index (κ2) is 4.48. The molecule has 1 aliphatic rings. The lowest BCUT2D eigenvalue weighted by Crippen LogP contribution is -2.07. The van der Waals surface area contributed by atoms with Gasteiger partial charge in [0, 0.05) is 11.5 Å². The monoisotopic (exact) mass is 263 g/mol. The smallest absolute Gasteiger partial charge is 0.160 e. The fourth-order valence-electron chi connectivity index (χ4n) is 2.55. The van der Waals surface area contributed by atoms with E-state index in [0.29, 0.717) is 18.2 Å². The standard InChI is InChI=1S/C13H17N3OS/c1-3-17-7(2)12-15-11(14)10-8-5-4-6-9(8)18-13(10)16-12/h7H,3-6H2,1-2H3,(H2,14,15,16). The highest BCUT2D eigenvalue weighted by Crippen LogP contribution is 2.39. The molecule has 2 heterocycles. The van der Waals surface area contributed by atoms with E-state index in [0.717, 1.165) is 23.1 Å². The van der Waals surface area contributed by atoms with Crippen molar-refractivity contribution in [1.82, 2.24) is 9.97 Å². The summed E-state index contributed by atoms with van der Waals surface area (Å²) >= 11 is 1.76. The molecule has 0 saturated heterocycles. The number of nitrogens with zero attached hydrogens (tertiary/aromatic N) is 2. The van der Waals surface area contributed by atoms with Gasteiger partial charge in [0.15, 0.2) is 5.82 Å². The van der Waals surface area contributed by atoms with Gasteiger partial charge in [-0.3, -0.25) is 0 Å². The maximum Gasteiger partial charge on any atom is 0.160 e. The Morgan fingerprint density at radius 3 is 3.00 bits per heavy atom. The zero-order chi connectivity index (χ0) is 12.7. The Hall–Kier alpha value is -1.20. The van der Waals surface area contributed by atoms with E-state index < -0.39 is 0 Å². The van der Waals surface area contributed by atoms with Crippen molar-refractivity contribution in [3.8, 4) is 0 Å². The molecular formula is C13H17N3OS. The van der Waals surface area contributed by atoms with Crippen molar-refractivity contribution in [3.05, 3.63) is 16.3 Å². The van der Waals surface area contributed by atoms with Crippen LogP contribution in [0, 0.1) is 0 Å². The van der Waals surface area contributed by atoms with Crippen LogP contribution in [-0.2, 0) is 17.6 Å². The topological polar surface area (TPSA) is 61.0 Å². The molecule has 1 atom stereocenters. The third-order valence-electron chi connectivity index (χ3n) is 3.39. The van der Waals surface area contributed by atoms with Crippen molar-refractivity contribution in [2.75, 3.05) is 12.3 Å². The summed E-state index contributed by atoms with van der Waals surface area (Å²) in [6, 6.07) is 0. The Morgan fingerprint density at radius 1 is 1.39 bits per heavy atom. The third kappa shape index (κ3) is 1.78. The van der Waals surface area contributed by atoms with E-state index >= 15 is 0 Å². The van der Waals surface area contributed by atoms with Gasteiger partial charge < -0.3 is 10.5 Å². The molecule has 1 unspecified atom stereocenters. The molecule has 0 bridgehead atoms. The highest BCUT2D eigenvalue weighted by atomic mass is 32.1. The summed E-state index contributed by atoms with van der Waals surface area (Å²) in [4.78, 5) is 11.5. The van der Waals surface area contributed by atoms with Gasteiger partial charge in [0.2, 0.25) is 0 Å². The number of aryl methyl sites for hydroxylation is 2. The Bertz CT molecular complexity index is 593. The molecule has 2 aromatic heterocycles. The quantitative estimate of drug-likeness (QED) is 0.925. The Labute approximate surface area is 110 Å². The third-order valence-corrected chi connectivity index (χ3v) is 4.58. The predicted octanol–water partition coefficient (Wildman–Crippen LogP) is 2.86. The first-order valence-corrected chi connectivity index (χ1v) is 7.21. The number of aromatic nitrogens is 2. The SMILES string of the molecule is CCOC(C)c1nc(N)c2c3c(sc2n1)CCC3. The molecule has 2 N–H and O–H groups in total. The Balaban J connectivity index is 2.11. The number of nitrogen functional groups attached to an aromatic ring is 1. The zero-order valence-electron chi connectivity index (χ0n) is 10.7. The van der Waals surface area contributed by atoms with Crippen molar-refractivity contribution in [3.63, 3.8) is 0 Å². The summed E-state index contributed by atoms with van der Waals surface area (Å²) in [6.45, 7) is 4.59. The molecule has 0 spiro atoms. The summed E-state index contributed by atoms with van der Waals surface area (Å²) in [5.74, 6) is 1.31. The zero-order valence-corrected chi connectivity index (χ0v) is 11.5. The van der Waals surface area contributed by atoms with Crippen molar-refractivity contribution >= 4 is 27.4 Å². The molecule has 18 heavy (non-hydrogen) atoms. The van der Waals surface area contributed by atoms with Gasteiger partial charge in [-0.25, -0.2) is 9.97 Å². The van der Waals surface area contributed by atoms with Crippen LogP contribution in [0.15, 0.2) is 0 Å². The molecule has 5 heteroatoms. The van der Waals surface area contributed by atoms with E-state index in [9.17, 15) is 0 Å². The second-order valence-corrected chi connectivity index (χ2v) is 5.69. The van der Waals surface area contributed by atoms with Crippen LogP contribution in [0.25, 0.3) is 10.2 Å². The average molecular weight is 263 g/mol. The van der Waals surface area contributed by atoms with Crippen LogP contribution < -0.4 is 5.73 Å². The first-order valence-electron chi connectivity index (χ1n) is 6.40. The number of fused-ring (bicyclic) bond motifs is 3. The summed E-state index contributed by atoms with van der Waals surface area (Å²) < 4.78 is 5.53. The van der Waals surface area contributed by atoms with Crippen molar-refractivity contribution in [1.29, 1.82) is 0 Å². The molecular weight excluding hydrogens is 246 g/mol. The van der Waals surface area contributed by atoms with Crippen molar-refractivity contribution in [2.24, 2.45) is 0 Å². The second-order valence-electron chi connectivity index (χ2n) is 4.60. The first-order chi connectivity index (χ1) is 8.70. The molecule has 3 rings (SSSR count). The number of hydrogen-bond acceptors (Lipinski definition) is 5. The van der Waals surface area contributed by atoms with Crippen LogP contribution in [0.3, 0.4) is 0 Å². The predicted molar refractivity (Wildman–Crippen MR) is 73.9 cm³/mol. The van der Waals surface area contributed by atoms with Gasteiger partial charge in [0.25, 0.3) is 0 Å². The molecule has 0 aromatic carbocycles. The average Bonchev–Trinajstić information content (AvgIpc) is 2.88. The van der Waals surface area contributed by atoms with E-state index in [1.54, 1.807) is 11.3 Å². The van der Waals surface area contributed by atoms with Crippen LogP contribution in [0.1, 0.15) is 42.6 Å². The molecule has 0 saturated carbocycles. The van der Waals surface area contributed by atoms with Gasteiger partial charge in [-0.05, 0) is 38.7 Å². The fourth-order valence-corrected chi connectivity index (χ4v) is 3.82. The van der Waals surface area contributed by atoms with Crippen LogP contribution in [-0.4, -0.2) is 16.6 Å². The van der Waals surface area contributed by atoms with Crippen molar-refractivity contribution < 1.29 is 4.74 Å². The minimum Gasteiger partial charge on any atom is -0.383 e. The number of rotatable bonds is 3. The number of nitrogens with two attached hydrogens (primary N) is 1. The Morgan fingerprint density at radius 2 is 2.22 bits per heavy atom. The number of hydrogen-bond donors (Lipinski definition) is 1. The normalized spacial score (nSPS) is 16.1. The maximum absolute atomic E-state index is 6.11. The number of ether oxygens (including phenoxy) is 1. The molecule has 0 fully saturated rings. The summed E-state index contributed by atoms with van der Waals surface area (Å²) in [6.07, 6.45) is 3.40. The molecule has 0 aliphatic heterocycles. The molecule has 1 aliphatic carbocycles. The molecule has 96 valence electrons. The molecule has 4 nitrogen and oxygen atoms in total. The van der Waals surface area contributed by atoms with Crippen LogP contribution in [0.2, 0.25) is 0 Å². The fraction of sp³-hybridized carbons (Fsp3) is 0.538. The summed E-state index contributed by atoms with van der Waals surface area (Å²) in [5, 5.41) is 1.08. The Kier molecular flexibility index (Phi) is 2.95. The molecule has 2 aromatic rings. The lowest BCUT2D eigenvalue weighted by molar-refractivity contribution is 0.0704. The van der Waals surface area contributed by atoms with Gasteiger partial charge in [-0.2, -0.15) is 0 Å². The van der Waals surface area contributed by atoms with Crippen LogP contribution >= 0.6 is 11.3 Å². The molecule has 0 amide bonds. The van der Waals surface area contributed by atoms with Crippen molar-refractivity contribution in [2.45, 2.75) is 39.2 Å². The largest absolute Gasteiger partial charge is 0.383 e. The summed E-state index contributed by atoms with van der Waals surface area (Å²) in [7, 11) is 0. The van der Waals surface area contributed by atoms with Gasteiger partial charge in [-0.15, -0.1) is 11.3 Å². The van der Waals surface area contributed by atoms with E-state index in [2.05, 4.69) is 9.97 Å². The molecule has 0 radical (unpaired) electrons. The highest BCUT2D eigenvalue weighted by Gasteiger charge is 2.22. The lowest BCUT2D eigenvalue weighted by Gasteiger charge is -2.11. The van der Waals surface area contributed by atoms with Gasteiger partial charge in [-0.1, -0.05) is 0 Å². The highest BCUT2D eigenvalue weighted by molar-refractivity contribution is 7.19. The van der Waals surface area contributed by atoms with Gasteiger partial charge >= 0.3 is 0 Å². The number of thiophene rings is 1. The van der Waals surface area contributed by atoms with Crippen LogP contribution in [0.5, 0.6) is 0 Å². The number of anilines is 1. The lowest BCUT2D eigenvalue weighted by atomic mass is 10.2. The van der Waals surface area contributed by atoms with E-state index in [4.69, 9.17) is 10.5 Å². The maximum atomic E-state index is 6.11. The van der Waals surface area contributed by atoms with E-state index in [1.807, 2.05) is 13.8 Å². The van der Waals surface area contributed by atoms with E-state index in [1.165, 1.54) is 16.9 Å².